The van der Waals surface area contributed by atoms with Gasteiger partial charge in [0, 0.05) is 25.2 Å². The number of unbranched alkanes of at least 4 members (excludes halogenated alkanes) is 2. The number of fused-ring (bicyclic) bond motifs is 1. The van der Waals surface area contributed by atoms with Crippen molar-refractivity contribution in [2.75, 3.05) is 37.4 Å². The number of ether oxygens (including phenoxy) is 1. The van der Waals surface area contributed by atoms with Crippen LogP contribution in [0.3, 0.4) is 0 Å². The van der Waals surface area contributed by atoms with Crippen molar-refractivity contribution >= 4 is 27.0 Å². The van der Waals surface area contributed by atoms with Crippen molar-refractivity contribution in [2.24, 2.45) is 0 Å². The average Bonchev–Trinajstić information content (AvgIpc) is 2.64. The number of nitrogens with one attached hydrogen (secondary N) is 3. The zero-order valence-electron chi connectivity index (χ0n) is 18.7. The van der Waals surface area contributed by atoms with Crippen LogP contribution in [0.5, 0.6) is 5.75 Å². The largest absolute Gasteiger partial charge is 0.497 e. The zero-order valence-corrected chi connectivity index (χ0v) is 20.5. The number of hydrogen-bond acceptors (Lipinski definition) is 6. The van der Waals surface area contributed by atoms with E-state index in [1.54, 1.807) is 7.11 Å². The van der Waals surface area contributed by atoms with E-state index in [1.165, 1.54) is 42.6 Å². The first-order valence-corrected chi connectivity index (χ1v) is 13.3. The quantitative estimate of drug-likeness (QED) is 0.176. The molecule has 32 heavy (non-hydrogen) atoms. The van der Waals surface area contributed by atoms with Gasteiger partial charge in [-0.3, -0.25) is 0 Å². The third-order valence-corrected chi connectivity index (χ3v) is 4.08. The summed E-state index contributed by atoms with van der Waals surface area (Å²) in [6.07, 6.45) is 6.03. The Morgan fingerprint density at radius 2 is 1.56 bits per heavy atom. The SMILES string of the molecule is COc1cc2c(c(NCCCCCNC(C)C)c1)NCCC2.O=P(O)(O)O.O=P(O)(O)O. The van der Waals surface area contributed by atoms with E-state index >= 15 is 0 Å². The molecule has 0 spiro atoms. The van der Waals surface area contributed by atoms with Crippen LogP contribution in [0.4, 0.5) is 11.4 Å². The van der Waals surface area contributed by atoms with Gasteiger partial charge in [-0.25, -0.2) is 9.13 Å². The molecule has 0 saturated carbocycles. The van der Waals surface area contributed by atoms with Crippen LogP contribution in [0.15, 0.2) is 12.1 Å². The number of phosphoric acid groups is 2. The molecule has 1 aliphatic heterocycles. The molecule has 0 fully saturated rings. The lowest BCUT2D eigenvalue weighted by Crippen LogP contribution is -2.23. The maximum Gasteiger partial charge on any atom is 0.466 e. The van der Waals surface area contributed by atoms with Gasteiger partial charge < -0.3 is 50.0 Å². The minimum atomic E-state index is -4.64. The van der Waals surface area contributed by atoms with Crippen LogP contribution < -0.4 is 20.7 Å². The Hall–Kier alpha value is -1.20. The highest BCUT2D eigenvalue weighted by Crippen LogP contribution is 2.34. The van der Waals surface area contributed by atoms with E-state index in [9.17, 15) is 0 Å². The topological polar surface area (TPSA) is 201 Å². The maximum atomic E-state index is 8.88. The summed E-state index contributed by atoms with van der Waals surface area (Å²) in [5.74, 6) is 0.950. The molecule has 0 amide bonds. The lowest BCUT2D eigenvalue weighted by molar-refractivity contribution is 0.272. The lowest BCUT2D eigenvalue weighted by Gasteiger charge is -2.23. The molecule has 9 N–H and O–H groups in total. The zero-order chi connectivity index (χ0) is 24.8. The number of aryl methyl sites for hydroxylation is 1. The first kappa shape index (κ1) is 30.8. The molecule has 0 aromatic heterocycles. The summed E-state index contributed by atoms with van der Waals surface area (Å²) in [5.41, 5.74) is 3.83. The van der Waals surface area contributed by atoms with Gasteiger partial charge in [-0.2, -0.15) is 0 Å². The Labute approximate surface area is 188 Å². The number of hydrogen-bond donors (Lipinski definition) is 9. The van der Waals surface area contributed by atoms with Crippen molar-refractivity contribution in [1.29, 1.82) is 0 Å². The Kier molecular flexibility index (Phi) is 15.0. The second kappa shape index (κ2) is 15.6. The molecule has 1 aromatic carbocycles. The van der Waals surface area contributed by atoms with Gasteiger partial charge in [-0.15, -0.1) is 0 Å². The second-order valence-electron chi connectivity index (χ2n) is 7.36. The van der Waals surface area contributed by atoms with E-state index in [4.69, 9.17) is 43.2 Å². The molecule has 2 rings (SSSR count). The Bertz CT molecular complexity index is 717. The molecule has 1 heterocycles. The third-order valence-electron chi connectivity index (χ3n) is 4.08. The molecule has 0 unspecified atom stereocenters. The molecule has 1 aliphatic rings. The fourth-order valence-corrected chi connectivity index (χ4v) is 2.87. The summed E-state index contributed by atoms with van der Waals surface area (Å²) < 4.78 is 23.2. The van der Waals surface area contributed by atoms with Gasteiger partial charge in [0.15, 0.2) is 0 Å². The van der Waals surface area contributed by atoms with Gasteiger partial charge in [0.05, 0.1) is 18.5 Å². The molecular formula is C18H37N3O9P2. The Balaban J connectivity index is 0.000000805. The maximum absolute atomic E-state index is 8.88. The minimum absolute atomic E-state index is 0.590. The third kappa shape index (κ3) is 19.5. The van der Waals surface area contributed by atoms with Gasteiger partial charge in [0.1, 0.15) is 5.75 Å². The summed E-state index contributed by atoms with van der Waals surface area (Å²) in [7, 11) is -7.54. The molecule has 0 radical (unpaired) electrons. The van der Waals surface area contributed by atoms with Crippen molar-refractivity contribution in [3.63, 3.8) is 0 Å². The van der Waals surface area contributed by atoms with Crippen LogP contribution in [-0.4, -0.2) is 62.1 Å². The smallest absolute Gasteiger partial charge is 0.466 e. The molecule has 0 atom stereocenters. The van der Waals surface area contributed by atoms with Crippen molar-refractivity contribution in [3.05, 3.63) is 17.7 Å². The average molecular weight is 501 g/mol. The van der Waals surface area contributed by atoms with Crippen molar-refractivity contribution < 1.29 is 43.2 Å². The molecular weight excluding hydrogens is 464 g/mol. The number of rotatable bonds is 9. The molecule has 12 nitrogen and oxygen atoms in total. The second-order valence-corrected chi connectivity index (χ2v) is 9.42. The summed E-state index contributed by atoms with van der Waals surface area (Å²) in [6, 6.07) is 4.86. The minimum Gasteiger partial charge on any atom is -0.497 e. The fourth-order valence-electron chi connectivity index (χ4n) is 2.87. The molecule has 0 bridgehead atoms. The summed E-state index contributed by atoms with van der Waals surface area (Å²) in [5, 5.41) is 10.6. The summed E-state index contributed by atoms with van der Waals surface area (Å²) in [6.45, 7) is 7.59. The molecule has 0 aliphatic carbocycles. The van der Waals surface area contributed by atoms with E-state index in [-0.39, 0.29) is 0 Å². The summed E-state index contributed by atoms with van der Waals surface area (Å²) in [4.78, 5) is 43.1. The van der Waals surface area contributed by atoms with Crippen molar-refractivity contribution in [2.45, 2.75) is 52.0 Å². The first-order valence-electron chi connectivity index (χ1n) is 10.2. The van der Waals surface area contributed by atoms with Crippen LogP contribution in [0.1, 0.15) is 45.1 Å². The van der Waals surface area contributed by atoms with Crippen LogP contribution in [-0.2, 0) is 15.6 Å². The monoisotopic (exact) mass is 501 g/mol. The van der Waals surface area contributed by atoms with E-state index < -0.39 is 15.6 Å². The van der Waals surface area contributed by atoms with Crippen LogP contribution in [0.25, 0.3) is 0 Å². The lowest BCUT2D eigenvalue weighted by atomic mass is 10.0. The van der Waals surface area contributed by atoms with E-state index in [0.717, 1.165) is 31.8 Å². The standard InChI is InChI=1S/C18H31N3O.2H3O4P/c1-14(2)19-9-5-4-6-10-20-17-13-16(22-3)12-15-8-7-11-21-18(15)17;2*1-5(2,3)4/h12-14,19-21H,4-11H2,1-3H3;2*(H3,1,2,3,4). The Morgan fingerprint density at radius 1 is 1.00 bits per heavy atom. The summed E-state index contributed by atoms with van der Waals surface area (Å²) >= 11 is 0. The normalized spacial score (nSPS) is 13.1. The van der Waals surface area contributed by atoms with E-state index in [2.05, 4.69) is 41.9 Å². The number of benzene rings is 1. The number of anilines is 2. The van der Waals surface area contributed by atoms with Gasteiger partial charge in [0.2, 0.25) is 0 Å². The van der Waals surface area contributed by atoms with E-state index in [0.29, 0.717) is 6.04 Å². The predicted molar refractivity (Wildman–Crippen MR) is 124 cm³/mol. The highest BCUT2D eigenvalue weighted by atomic mass is 31.2. The number of methoxy groups -OCH3 is 1. The molecule has 188 valence electrons. The van der Waals surface area contributed by atoms with Gasteiger partial charge in [-0.1, -0.05) is 20.3 Å². The highest BCUT2D eigenvalue weighted by Gasteiger charge is 2.14. The predicted octanol–water partition coefficient (Wildman–Crippen LogP) is 1.78. The van der Waals surface area contributed by atoms with E-state index in [1.807, 2.05) is 0 Å². The van der Waals surface area contributed by atoms with Gasteiger partial charge >= 0.3 is 15.6 Å². The first-order chi connectivity index (χ1) is 14.7. The molecule has 14 heteroatoms. The molecule has 1 aromatic rings. The van der Waals surface area contributed by atoms with Gasteiger partial charge in [0.25, 0.3) is 0 Å². The molecule has 0 saturated heterocycles. The highest BCUT2D eigenvalue weighted by molar-refractivity contribution is 7.45. The van der Waals surface area contributed by atoms with Gasteiger partial charge in [-0.05, 0) is 43.9 Å². The van der Waals surface area contributed by atoms with Crippen molar-refractivity contribution in [1.82, 2.24) is 5.32 Å². The Morgan fingerprint density at radius 3 is 2.09 bits per heavy atom. The van der Waals surface area contributed by atoms with Crippen molar-refractivity contribution in [3.8, 4) is 5.75 Å². The fraction of sp³-hybridized carbons (Fsp3) is 0.667. The van der Waals surface area contributed by atoms with Crippen LogP contribution in [0, 0.1) is 0 Å². The van der Waals surface area contributed by atoms with Crippen LogP contribution in [0.2, 0.25) is 0 Å². The van der Waals surface area contributed by atoms with Crippen LogP contribution >= 0.6 is 15.6 Å².